The van der Waals surface area contributed by atoms with Crippen molar-refractivity contribution < 1.29 is 14.3 Å². The zero-order valence-corrected chi connectivity index (χ0v) is 10.2. The van der Waals surface area contributed by atoms with Crippen LogP contribution in [0.5, 0.6) is 5.75 Å². The highest BCUT2D eigenvalue weighted by Gasteiger charge is 2.08. The zero-order valence-electron chi connectivity index (χ0n) is 10.2. The number of anilines is 1. The van der Waals surface area contributed by atoms with Crippen molar-refractivity contribution in [2.24, 2.45) is 0 Å². The predicted octanol–water partition coefficient (Wildman–Crippen LogP) is 0.752. The SMILES string of the molecule is COCCN(C)C(=O)COc1ccc(N)cc1. The molecule has 5 nitrogen and oxygen atoms in total. The molecule has 0 aliphatic carbocycles. The summed E-state index contributed by atoms with van der Waals surface area (Å²) in [5.41, 5.74) is 6.21. The fourth-order valence-electron chi connectivity index (χ4n) is 1.17. The van der Waals surface area contributed by atoms with Crippen molar-refractivity contribution in [2.45, 2.75) is 0 Å². The third-order valence-corrected chi connectivity index (χ3v) is 2.30. The molecule has 1 aromatic rings. The third-order valence-electron chi connectivity index (χ3n) is 2.30. The molecule has 17 heavy (non-hydrogen) atoms. The van der Waals surface area contributed by atoms with Crippen molar-refractivity contribution in [1.82, 2.24) is 4.90 Å². The summed E-state index contributed by atoms with van der Waals surface area (Å²) in [6.45, 7) is 1.09. The van der Waals surface area contributed by atoms with Gasteiger partial charge in [0.1, 0.15) is 5.75 Å². The largest absolute Gasteiger partial charge is 0.484 e. The summed E-state index contributed by atoms with van der Waals surface area (Å²) in [5.74, 6) is 0.548. The number of nitrogen functional groups attached to an aromatic ring is 1. The first kappa shape index (κ1) is 13.3. The molecule has 1 rings (SSSR count). The summed E-state index contributed by atoms with van der Waals surface area (Å²) < 4.78 is 10.2. The van der Waals surface area contributed by atoms with E-state index in [1.54, 1.807) is 43.3 Å². The van der Waals surface area contributed by atoms with E-state index in [0.29, 0.717) is 24.6 Å². The number of nitrogens with two attached hydrogens (primary N) is 1. The first-order valence-corrected chi connectivity index (χ1v) is 5.34. The molecule has 0 fully saturated rings. The molecule has 5 heteroatoms. The van der Waals surface area contributed by atoms with Crippen molar-refractivity contribution in [3.63, 3.8) is 0 Å². The van der Waals surface area contributed by atoms with Gasteiger partial charge in [-0.05, 0) is 24.3 Å². The summed E-state index contributed by atoms with van der Waals surface area (Å²) in [7, 11) is 3.32. The van der Waals surface area contributed by atoms with E-state index in [1.165, 1.54) is 0 Å². The fourth-order valence-corrected chi connectivity index (χ4v) is 1.17. The van der Waals surface area contributed by atoms with Gasteiger partial charge in [-0.1, -0.05) is 0 Å². The topological polar surface area (TPSA) is 64.8 Å². The quantitative estimate of drug-likeness (QED) is 0.743. The number of carbonyl (C=O) groups is 1. The summed E-state index contributed by atoms with van der Waals surface area (Å²) in [5, 5.41) is 0. The summed E-state index contributed by atoms with van der Waals surface area (Å²) in [4.78, 5) is 13.2. The first-order valence-electron chi connectivity index (χ1n) is 5.34. The third kappa shape index (κ3) is 4.74. The van der Waals surface area contributed by atoms with E-state index in [9.17, 15) is 4.79 Å². The van der Waals surface area contributed by atoms with E-state index in [-0.39, 0.29) is 12.5 Å². The molecule has 2 N–H and O–H groups in total. The molecule has 0 unspecified atom stereocenters. The molecule has 0 aromatic heterocycles. The van der Waals surface area contributed by atoms with Gasteiger partial charge in [-0.2, -0.15) is 0 Å². The van der Waals surface area contributed by atoms with Crippen LogP contribution in [-0.2, 0) is 9.53 Å². The van der Waals surface area contributed by atoms with Gasteiger partial charge in [-0.15, -0.1) is 0 Å². The van der Waals surface area contributed by atoms with Crippen molar-refractivity contribution >= 4 is 11.6 Å². The van der Waals surface area contributed by atoms with E-state index >= 15 is 0 Å². The van der Waals surface area contributed by atoms with E-state index in [1.807, 2.05) is 0 Å². The van der Waals surface area contributed by atoms with Crippen molar-refractivity contribution in [2.75, 3.05) is 39.6 Å². The smallest absolute Gasteiger partial charge is 0.260 e. The average molecular weight is 238 g/mol. The number of nitrogens with zero attached hydrogens (tertiary/aromatic N) is 1. The molecule has 0 aliphatic rings. The van der Waals surface area contributed by atoms with Gasteiger partial charge in [0.05, 0.1) is 6.61 Å². The Morgan fingerprint density at radius 2 is 2.00 bits per heavy atom. The van der Waals surface area contributed by atoms with Crippen LogP contribution in [0.25, 0.3) is 0 Å². The lowest BCUT2D eigenvalue weighted by molar-refractivity contribution is -0.132. The number of carbonyl (C=O) groups excluding carboxylic acids is 1. The normalized spacial score (nSPS) is 10.0. The minimum atomic E-state index is -0.0844. The number of hydrogen-bond donors (Lipinski definition) is 1. The molecular weight excluding hydrogens is 220 g/mol. The second-order valence-electron chi connectivity index (χ2n) is 3.67. The van der Waals surface area contributed by atoms with Gasteiger partial charge in [0.15, 0.2) is 6.61 Å². The number of hydrogen-bond acceptors (Lipinski definition) is 4. The molecule has 0 saturated heterocycles. The lowest BCUT2D eigenvalue weighted by Gasteiger charge is -2.16. The van der Waals surface area contributed by atoms with Crippen LogP contribution < -0.4 is 10.5 Å². The predicted molar refractivity (Wildman–Crippen MR) is 65.9 cm³/mol. The molecule has 1 amide bonds. The molecule has 0 saturated carbocycles. The molecule has 0 atom stereocenters. The van der Waals surface area contributed by atoms with Crippen molar-refractivity contribution in [1.29, 1.82) is 0 Å². The maximum Gasteiger partial charge on any atom is 0.260 e. The van der Waals surface area contributed by atoms with Gasteiger partial charge >= 0.3 is 0 Å². The Balaban J connectivity index is 2.34. The van der Waals surface area contributed by atoms with Gasteiger partial charge in [0, 0.05) is 26.4 Å². The Bertz CT molecular complexity index is 351. The highest BCUT2D eigenvalue weighted by molar-refractivity contribution is 5.77. The van der Waals surface area contributed by atoms with Crippen LogP contribution in [0.1, 0.15) is 0 Å². The van der Waals surface area contributed by atoms with Crippen LogP contribution in [-0.4, -0.2) is 44.7 Å². The molecule has 0 bridgehead atoms. The van der Waals surface area contributed by atoms with Crippen LogP contribution in [0, 0.1) is 0 Å². The van der Waals surface area contributed by atoms with Gasteiger partial charge in [-0.3, -0.25) is 4.79 Å². The van der Waals surface area contributed by atoms with Crippen LogP contribution in [0.3, 0.4) is 0 Å². The van der Waals surface area contributed by atoms with Gasteiger partial charge in [0.25, 0.3) is 5.91 Å². The van der Waals surface area contributed by atoms with Gasteiger partial charge < -0.3 is 20.1 Å². The lowest BCUT2D eigenvalue weighted by Crippen LogP contribution is -2.33. The maximum atomic E-state index is 11.6. The Kier molecular flexibility index (Phi) is 5.29. The van der Waals surface area contributed by atoms with Crippen LogP contribution in [0.4, 0.5) is 5.69 Å². The zero-order chi connectivity index (χ0) is 12.7. The summed E-state index contributed by atoms with van der Waals surface area (Å²) >= 11 is 0. The van der Waals surface area contributed by atoms with Crippen LogP contribution >= 0.6 is 0 Å². The maximum absolute atomic E-state index is 11.6. The number of methoxy groups -OCH3 is 1. The van der Waals surface area contributed by atoms with E-state index in [4.69, 9.17) is 15.2 Å². The fraction of sp³-hybridized carbons (Fsp3) is 0.417. The van der Waals surface area contributed by atoms with Crippen molar-refractivity contribution in [3.05, 3.63) is 24.3 Å². The number of benzene rings is 1. The summed E-state index contributed by atoms with van der Waals surface area (Å²) in [6, 6.07) is 6.93. The van der Waals surface area contributed by atoms with Crippen LogP contribution in [0.15, 0.2) is 24.3 Å². The monoisotopic (exact) mass is 238 g/mol. The van der Waals surface area contributed by atoms with Crippen LogP contribution in [0.2, 0.25) is 0 Å². The Hall–Kier alpha value is -1.75. The number of ether oxygens (including phenoxy) is 2. The minimum Gasteiger partial charge on any atom is -0.484 e. The van der Waals surface area contributed by atoms with E-state index in [2.05, 4.69) is 0 Å². The Morgan fingerprint density at radius 3 is 2.59 bits per heavy atom. The van der Waals surface area contributed by atoms with E-state index < -0.39 is 0 Å². The first-order chi connectivity index (χ1) is 8.13. The minimum absolute atomic E-state index is 0.0180. The molecule has 94 valence electrons. The van der Waals surface area contributed by atoms with E-state index in [0.717, 1.165) is 0 Å². The standard InChI is InChI=1S/C12H18N2O3/c1-14(7-8-16-2)12(15)9-17-11-5-3-10(13)4-6-11/h3-6H,7-9,13H2,1-2H3. The second kappa shape index (κ2) is 6.75. The number of likely N-dealkylation sites (N-methyl/N-ethyl adjacent to an activating group) is 1. The average Bonchev–Trinajstić information content (AvgIpc) is 2.34. The summed E-state index contributed by atoms with van der Waals surface area (Å²) in [6.07, 6.45) is 0. The molecule has 0 heterocycles. The van der Waals surface area contributed by atoms with Crippen molar-refractivity contribution in [3.8, 4) is 5.75 Å². The number of amides is 1. The number of rotatable bonds is 6. The highest BCUT2D eigenvalue weighted by Crippen LogP contribution is 2.12. The second-order valence-corrected chi connectivity index (χ2v) is 3.67. The highest BCUT2D eigenvalue weighted by atomic mass is 16.5. The molecule has 0 spiro atoms. The molecule has 0 radical (unpaired) electrons. The van der Waals surface area contributed by atoms with Gasteiger partial charge in [0.2, 0.25) is 0 Å². The molecule has 0 aliphatic heterocycles. The molecular formula is C12H18N2O3. The Morgan fingerprint density at radius 1 is 1.35 bits per heavy atom. The lowest BCUT2D eigenvalue weighted by atomic mass is 10.3. The van der Waals surface area contributed by atoms with Gasteiger partial charge in [-0.25, -0.2) is 0 Å². The molecule has 1 aromatic carbocycles. The Labute approximate surface area is 101 Å².